The fourth-order valence-corrected chi connectivity index (χ4v) is 2.03. The van der Waals surface area contributed by atoms with Gasteiger partial charge in [-0.05, 0) is 38.0 Å². The molecule has 0 atom stereocenters. The lowest BCUT2D eigenvalue weighted by molar-refractivity contribution is 0.456. The molecular formula is C14H20N2S. The summed E-state index contributed by atoms with van der Waals surface area (Å²) in [5, 5.41) is 7.06. The number of nitrogens with one attached hydrogen (secondary N) is 2. The largest absolute Gasteiger partial charge is 0.359 e. The fourth-order valence-electron chi connectivity index (χ4n) is 1.67. The standard InChI is InChI=1S/C14H20N2S/c1-4-10-15-13(17)16-14(2,3)11-12-8-6-5-7-9-12/h4-9H,1,10-11H2,2-3H3,(H2,15,16,17). The van der Waals surface area contributed by atoms with Crippen molar-refractivity contribution in [1.82, 2.24) is 10.6 Å². The summed E-state index contributed by atoms with van der Waals surface area (Å²) in [7, 11) is 0. The molecule has 0 amide bonds. The first-order valence-electron chi connectivity index (χ1n) is 5.74. The smallest absolute Gasteiger partial charge is 0.166 e. The Morgan fingerprint density at radius 2 is 2.00 bits per heavy atom. The van der Waals surface area contributed by atoms with E-state index in [1.165, 1.54) is 5.56 Å². The molecule has 0 fully saturated rings. The van der Waals surface area contributed by atoms with E-state index in [2.05, 4.69) is 55.3 Å². The molecule has 0 aliphatic carbocycles. The summed E-state index contributed by atoms with van der Waals surface area (Å²) in [6, 6.07) is 10.4. The Hall–Kier alpha value is -1.35. The summed E-state index contributed by atoms with van der Waals surface area (Å²) in [6.45, 7) is 8.62. The van der Waals surface area contributed by atoms with Crippen LogP contribution in [0.25, 0.3) is 0 Å². The van der Waals surface area contributed by atoms with E-state index in [1.807, 2.05) is 6.07 Å². The van der Waals surface area contributed by atoms with E-state index in [9.17, 15) is 0 Å². The SMILES string of the molecule is C=CCNC(=S)NC(C)(C)Cc1ccccc1. The topological polar surface area (TPSA) is 24.1 Å². The van der Waals surface area contributed by atoms with Crippen molar-refractivity contribution in [3.05, 3.63) is 48.6 Å². The normalized spacial score (nSPS) is 10.7. The summed E-state index contributed by atoms with van der Waals surface area (Å²) in [6.07, 6.45) is 2.72. The van der Waals surface area contributed by atoms with Gasteiger partial charge in [-0.15, -0.1) is 6.58 Å². The summed E-state index contributed by atoms with van der Waals surface area (Å²) < 4.78 is 0. The van der Waals surface area contributed by atoms with Crippen LogP contribution < -0.4 is 10.6 Å². The quantitative estimate of drug-likeness (QED) is 0.619. The molecule has 0 saturated heterocycles. The average molecular weight is 248 g/mol. The van der Waals surface area contributed by atoms with Crippen LogP contribution in [-0.2, 0) is 6.42 Å². The molecule has 0 spiro atoms. The van der Waals surface area contributed by atoms with E-state index in [4.69, 9.17) is 12.2 Å². The highest BCUT2D eigenvalue weighted by Crippen LogP contribution is 2.12. The van der Waals surface area contributed by atoms with Crippen molar-refractivity contribution >= 4 is 17.3 Å². The van der Waals surface area contributed by atoms with Crippen LogP contribution in [0.15, 0.2) is 43.0 Å². The predicted octanol–water partition coefficient (Wildman–Crippen LogP) is 2.66. The van der Waals surface area contributed by atoms with Crippen LogP contribution in [0.5, 0.6) is 0 Å². The summed E-state index contributed by atoms with van der Waals surface area (Å²) in [4.78, 5) is 0. The molecule has 1 aromatic carbocycles. The second-order valence-corrected chi connectivity index (χ2v) is 5.08. The molecule has 0 unspecified atom stereocenters. The Labute approximate surface area is 109 Å². The molecule has 17 heavy (non-hydrogen) atoms. The van der Waals surface area contributed by atoms with Gasteiger partial charge >= 0.3 is 0 Å². The van der Waals surface area contributed by atoms with Crippen LogP contribution in [0.3, 0.4) is 0 Å². The van der Waals surface area contributed by atoms with Crippen LogP contribution in [-0.4, -0.2) is 17.2 Å². The zero-order chi connectivity index (χ0) is 12.7. The van der Waals surface area contributed by atoms with E-state index in [-0.39, 0.29) is 5.54 Å². The molecule has 2 N–H and O–H groups in total. The molecule has 3 heteroatoms. The van der Waals surface area contributed by atoms with Crippen molar-refractivity contribution in [3.63, 3.8) is 0 Å². The van der Waals surface area contributed by atoms with Gasteiger partial charge in [-0.2, -0.15) is 0 Å². The Morgan fingerprint density at radius 1 is 1.35 bits per heavy atom. The van der Waals surface area contributed by atoms with Crippen molar-refractivity contribution in [3.8, 4) is 0 Å². The first-order valence-corrected chi connectivity index (χ1v) is 6.15. The van der Waals surface area contributed by atoms with Gasteiger partial charge in [-0.25, -0.2) is 0 Å². The summed E-state index contributed by atoms with van der Waals surface area (Å²) in [5.74, 6) is 0. The minimum atomic E-state index is -0.0629. The molecule has 0 aromatic heterocycles. The van der Waals surface area contributed by atoms with E-state index < -0.39 is 0 Å². The fraction of sp³-hybridized carbons (Fsp3) is 0.357. The lowest BCUT2D eigenvalue weighted by Crippen LogP contribution is -2.49. The molecule has 0 radical (unpaired) electrons. The minimum Gasteiger partial charge on any atom is -0.359 e. The molecule has 92 valence electrons. The van der Waals surface area contributed by atoms with Crippen molar-refractivity contribution in [2.45, 2.75) is 25.8 Å². The lowest BCUT2D eigenvalue weighted by Gasteiger charge is -2.28. The number of thiocarbonyl (C=S) groups is 1. The highest BCUT2D eigenvalue weighted by atomic mass is 32.1. The lowest BCUT2D eigenvalue weighted by atomic mass is 9.95. The molecule has 0 bridgehead atoms. The van der Waals surface area contributed by atoms with Gasteiger partial charge in [0.15, 0.2) is 5.11 Å². The monoisotopic (exact) mass is 248 g/mol. The van der Waals surface area contributed by atoms with Gasteiger partial charge in [0.1, 0.15) is 0 Å². The Balaban J connectivity index is 2.51. The average Bonchev–Trinajstić information content (AvgIpc) is 2.26. The van der Waals surface area contributed by atoms with Gasteiger partial charge in [-0.3, -0.25) is 0 Å². The summed E-state index contributed by atoms with van der Waals surface area (Å²) in [5.41, 5.74) is 1.24. The number of hydrogen-bond acceptors (Lipinski definition) is 1. The molecular weight excluding hydrogens is 228 g/mol. The number of rotatable bonds is 5. The molecule has 0 aliphatic heterocycles. The van der Waals surface area contributed by atoms with Crippen molar-refractivity contribution in [2.75, 3.05) is 6.54 Å². The van der Waals surface area contributed by atoms with Crippen LogP contribution in [0.2, 0.25) is 0 Å². The third-order valence-electron chi connectivity index (χ3n) is 2.35. The Morgan fingerprint density at radius 3 is 2.59 bits per heavy atom. The van der Waals surface area contributed by atoms with E-state index in [0.29, 0.717) is 11.7 Å². The second-order valence-electron chi connectivity index (χ2n) is 4.67. The van der Waals surface area contributed by atoms with E-state index >= 15 is 0 Å². The van der Waals surface area contributed by atoms with Crippen LogP contribution in [0.1, 0.15) is 19.4 Å². The van der Waals surface area contributed by atoms with E-state index in [0.717, 1.165) is 6.42 Å². The maximum Gasteiger partial charge on any atom is 0.166 e. The van der Waals surface area contributed by atoms with Crippen LogP contribution in [0, 0.1) is 0 Å². The molecule has 1 aromatic rings. The maximum absolute atomic E-state index is 5.21. The molecule has 0 saturated carbocycles. The number of hydrogen-bond donors (Lipinski definition) is 2. The first kappa shape index (κ1) is 13.7. The van der Waals surface area contributed by atoms with Gasteiger partial charge in [-0.1, -0.05) is 36.4 Å². The minimum absolute atomic E-state index is 0.0629. The maximum atomic E-state index is 5.21. The molecule has 1 rings (SSSR count). The molecule has 2 nitrogen and oxygen atoms in total. The van der Waals surface area contributed by atoms with Gasteiger partial charge in [0.05, 0.1) is 0 Å². The third kappa shape index (κ3) is 5.50. The highest BCUT2D eigenvalue weighted by Gasteiger charge is 2.18. The van der Waals surface area contributed by atoms with Gasteiger partial charge in [0, 0.05) is 12.1 Å². The van der Waals surface area contributed by atoms with Gasteiger partial charge < -0.3 is 10.6 Å². The summed E-state index contributed by atoms with van der Waals surface area (Å²) >= 11 is 5.21. The second kappa shape index (κ2) is 6.40. The predicted molar refractivity (Wildman–Crippen MR) is 78.2 cm³/mol. The van der Waals surface area contributed by atoms with Crippen LogP contribution in [0.4, 0.5) is 0 Å². The first-order chi connectivity index (χ1) is 8.03. The van der Waals surface area contributed by atoms with Gasteiger partial charge in [0.2, 0.25) is 0 Å². The molecule has 0 aliphatic rings. The van der Waals surface area contributed by atoms with Crippen molar-refractivity contribution < 1.29 is 0 Å². The Bertz CT molecular complexity index is 371. The van der Waals surface area contributed by atoms with Crippen LogP contribution >= 0.6 is 12.2 Å². The zero-order valence-electron chi connectivity index (χ0n) is 10.5. The highest BCUT2D eigenvalue weighted by molar-refractivity contribution is 7.80. The van der Waals surface area contributed by atoms with E-state index in [1.54, 1.807) is 6.08 Å². The zero-order valence-corrected chi connectivity index (χ0v) is 11.3. The Kier molecular flexibility index (Phi) is 5.16. The van der Waals surface area contributed by atoms with Crippen molar-refractivity contribution in [2.24, 2.45) is 0 Å². The van der Waals surface area contributed by atoms with Crippen molar-refractivity contribution in [1.29, 1.82) is 0 Å². The molecule has 0 heterocycles. The number of benzene rings is 1. The van der Waals surface area contributed by atoms with Gasteiger partial charge in [0.25, 0.3) is 0 Å². The third-order valence-corrected chi connectivity index (χ3v) is 2.59.